The number of nitrogens with zero attached hydrogens (tertiary/aromatic N) is 5. The summed E-state index contributed by atoms with van der Waals surface area (Å²) in [5.41, 5.74) is 3.66. The van der Waals surface area contributed by atoms with Crippen molar-refractivity contribution in [2.45, 2.75) is 103 Å². The maximum atomic E-state index is 14.5. The van der Waals surface area contributed by atoms with E-state index in [2.05, 4.69) is 6.07 Å². The number of aromatic nitrogens is 3. The van der Waals surface area contributed by atoms with Gasteiger partial charge in [-0.2, -0.15) is 0 Å². The van der Waals surface area contributed by atoms with Crippen molar-refractivity contribution in [3.05, 3.63) is 54.0 Å². The number of aliphatic hydroxyl groups is 1. The van der Waals surface area contributed by atoms with Gasteiger partial charge in [-0.05, 0) is 113 Å². The SMILES string of the molecule is COc1ccc([C@H]2CC[C@H](CN(c3cc(-c4coc(C5CC5)n4)ccn3)C(=O)[C@H]3CC[C@H](CN(CC(O)C(C)C)C(=O)O)CC3)CC2)nc1C. The molecule has 1 atom stereocenters. The van der Waals surface area contributed by atoms with Crippen molar-refractivity contribution >= 4 is 17.8 Å². The molecule has 11 nitrogen and oxygen atoms in total. The van der Waals surface area contributed by atoms with Gasteiger partial charge in [-0.25, -0.2) is 14.8 Å². The second kappa shape index (κ2) is 15.9. The Hall–Kier alpha value is -3.99. The summed E-state index contributed by atoms with van der Waals surface area (Å²) in [6, 6.07) is 7.98. The number of ether oxygens (including phenoxy) is 1. The number of carbonyl (C=O) groups excluding carboxylic acids is 1. The maximum Gasteiger partial charge on any atom is 0.407 e. The van der Waals surface area contributed by atoms with E-state index in [4.69, 9.17) is 24.1 Å². The number of aryl methyl sites for hydroxylation is 1. The molecule has 3 fully saturated rings. The van der Waals surface area contributed by atoms with Gasteiger partial charge >= 0.3 is 6.09 Å². The third kappa shape index (κ3) is 8.65. The molecule has 0 bridgehead atoms. The van der Waals surface area contributed by atoms with Crippen molar-refractivity contribution in [2.75, 3.05) is 31.6 Å². The van der Waals surface area contributed by atoms with Crippen LogP contribution in [0, 0.1) is 30.6 Å². The fourth-order valence-electron chi connectivity index (χ4n) is 7.66. The lowest BCUT2D eigenvalue weighted by molar-refractivity contribution is -0.123. The molecule has 270 valence electrons. The molecule has 1 unspecified atom stereocenters. The van der Waals surface area contributed by atoms with Crippen molar-refractivity contribution in [3.8, 4) is 17.0 Å². The zero-order chi connectivity index (χ0) is 35.4. The van der Waals surface area contributed by atoms with Crippen molar-refractivity contribution in [1.82, 2.24) is 19.9 Å². The Morgan fingerprint density at radius 3 is 2.26 bits per heavy atom. The lowest BCUT2D eigenvalue weighted by atomic mass is 9.79. The zero-order valence-corrected chi connectivity index (χ0v) is 30.0. The first-order valence-corrected chi connectivity index (χ1v) is 18.5. The predicted molar refractivity (Wildman–Crippen MR) is 190 cm³/mol. The van der Waals surface area contributed by atoms with Crippen LogP contribution in [-0.2, 0) is 4.79 Å². The summed E-state index contributed by atoms with van der Waals surface area (Å²) < 4.78 is 11.2. The van der Waals surface area contributed by atoms with Crippen LogP contribution in [0.1, 0.15) is 107 Å². The summed E-state index contributed by atoms with van der Waals surface area (Å²) in [5, 5.41) is 20.1. The topological polar surface area (TPSA) is 142 Å². The number of carbonyl (C=O) groups is 2. The second-order valence-corrected chi connectivity index (χ2v) is 15.2. The van der Waals surface area contributed by atoms with Crippen LogP contribution in [0.2, 0.25) is 0 Å². The second-order valence-electron chi connectivity index (χ2n) is 15.2. The molecule has 0 spiro atoms. The minimum absolute atomic E-state index is 0.0220. The van der Waals surface area contributed by atoms with Crippen molar-refractivity contribution in [3.63, 3.8) is 0 Å². The molecule has 3 heterocycles. The van der Waals surface area contributed by atoms with Crippen LogP contribution in [0.3, 0.4) is 0 Å². The Balaban J connectivity index is 1.15. The Bertz CT molecular complexity index is 1610. The van der Waals surface area contributed by atoms with Gasteiger partial charge in [0.1, 0.15) is 23.5 Å². The van der Waals surface area contributed by atoms with Crippen LogP contribution in [-0.4, -0.2) is 74.9 Å². The van der Waals surface area contributed by atoms with Gasteiger partial charge in [0.15, 0.2) is 5.89 Å². The number of amides is 2. The smallest absolute Gasteiger partial charge is 0.407 e. The van der Waals surface area contributed by atoms with Gasteiger partial charge in [0, 0.05) is 48.3 Å². The van der Waals surface area contributed by atoms with E-state index in [-0.39, 0.29) is 30.2 Å². The average molecular weight is 688 g/mol. The lowest BCUT2D eigenvalue weighted by Crippen LogP contribution is -2.44. The molecule has 3 saturated carbocycles. The zero-order valence-electron chi connectivity index (χ0n) is 30.0. The largest absolute Gasteiger partial charge is 0.495 e. The first kappa shape index (κ1) is 35.8. The quantitative estimate of drug-likeness (QED) is 0.188. The molecule has 0 saturated heterocycles. The van der Waals surface area contributed by atoms with Crippen LogP contribution < -0.4 is 9.64 Å². The van der Waals surface area contributed by atoms with E-state index in [1.807, 2.05) is 43.9 Å². The number of pyridine rings is 2. The minimum atomic E-state index is -1.01. The minimum Gasteiger partial charge on any atom is -0.495 e. The Labute approximate surface area is 295 Å². The standard InChI is InChI=1S/C39H53N5O6/c1-24(2)34(45)22-43(39(47)48)20-26-7-11-30(12-8-26)38(46)44(36-19-31(17-18-40-36)33-23-50-37(42-33)29-13-14-29)21-27-5-9-28(10-6-27)32-15-16-35(49-4)25(3)41-32/h15-19,23-24,26-30,34,45H,5-14,20-22H2,1-4H3,(H,47,48)/t26-,27-,28-,30-,34?. The molecule has 0 radical (unpaired) electrons. The van der Waals surface area contributed by atoms with E-state index in [1.54, 1.807) is 19.6 Å². The summed E-state index contributed by atoms with van der Waals surface area (Å²) in [6.07, 6.45) is 10.9. The highest BCUT2D eigenvalue weighted by Crippen LogP contribution is 2.41. The summed E-state index contributed by atoms with van der Waals surface area (Å²) >= 11 is 0. The molecule has 3 aromatic rings. The Morgan fingerprint density at radius 1 is 0.940 bits per heavy atom. The van der Waals surface area contributed by atoms with Gasteiger partial charge in [0.05, 0.1) is 25.5 Å². The molecule has 2 N–H and O–H groups in total. The van der Waals surface area contributed by atoms with E-state index in [9.17, 15) is 19.8 Å². The van der Waals surface area contributed by atoms with E-state index in [1.165, 1.54) is 4.90 Å². The third-order valence-electron chi connectivity index (χ3n) is 11.1. The summed E-state index contributed by atoms with van der Waals surface area (Å²) in [5.74, 6) is 3.42. The molecular weight excluding hydrogens is 634 g/mol. The van der Waals surface area contributed by atoms with Gasteiger partial charge in [-0.1, -0.05) is 13.8 Å². The Morgan fingerprint density at radius 2 is 1.62 bits per heavy atom. The molecule has 0 aliphatic heterocycles. The normalized spacial score (nSPS) is 23.0. The van der Waals surface area contributed by atoms with E-state index < -0.39 is 12.2 Å². The number of aliphatic hydroxyl groups excluding tert-OH is 1. The third-order valence-corrected chi connectivity index (χ3v) is 11.1. The van der Waals surface area contributed by atoms with Gasteiger partial charge in [0.2, 0.25) is 5.91 Å². The van der Waals surface area contributed by atoms with E-state index in [0.29, 0.717) is 49.5 Å². The van der Waals surface area contributed by atoms with Crippen LogP contribution in [0.4, 0.5) is 10.6 Å². The number of hydrogen-bond donors (Lipinski definition) is 2. The number of oxazole rings is 1. The number of anilines is 1. The molecular formula is C39H53N5O6. The number of methoxy groups -OCH3 is 1. The lowest BCUT2D eigenvalue weighted by Gasteiger charge is -2.36. The van der Waals surface area contributed by atoms with E-state index in [0.717, 1.165) is 85.7 Å². The van der Waals surface area contributed by atoms with Crippen molar-refractivity contribution < 1.29 is 29.0 Å². The highest BCUT2D eigenvalue weighted by Gasteiger charge is 2.35. The predicted octanol–water partition coefficient (Wildman–Crippen LogP) is 7.44. The number of carboxylic acid groups (broad SMARTS) is 1. The van der Waals surface area contributed by atoms with Crippen LogP contribution in [0.25, 0.3) is 11.3 Å². The van der Waals surface area contributed by atoms with Crippen molar-refractivity contribution in [2.24, 2.45) is 23.7 Å². The molecule has 6 rings (SSSR count). The summed E-state index contributed by atoms with van der Waals surface area (Å²) in [7, 11) is 1.67. The summed E-state index contributed by atoms with van der Waals surface area (Å²) in [4.78, 5) is 44.0. The molecule has 3 aliphatic rings. The number of hydrogen-bond acceptors (Lipinski definition) is 8. The number of rotatable bonds is 13. The summed E-state index contributed by atoms with van der Waals surface area (Å²) in [6.45, 7) is 6.84. The first-order chi connectivity index (χ1) is 24.1. The highest BCUT2D eigenvalue weighted by molar-refractivity contribution is 5.94. The average Bonchev–Trinajstić information content (AvgIpc) is 3.86. The van der Waals surface area contributed by atoms with Gasteiger partial charge in [-0.3, -0.25) is 14.7 Å². The van der Waals surface area contributed by atoms with Crippen LogP contribution >= 0.6 is 0 Å². The fraction of sp³-hybridized carbons (Fsp3) is 0.615. The monoisotopic (exact) mass is 687 g/mol. The molecule has 2 amide bonds. The van der Waals surface area contributed by atoms with Crippen LogP contribution in [0.15, 0.2) is 41.1 Å². The fourth-order valence-corrected chi connectivity index (χ4v) is 7.66. The van der Waals surface area contributed by atoms with Gasteiger partial charge < -0.3 is 24.3 Å². The van der Waals surface area contributed by atoms with Gasteiger partial charge in [-0.15, -0.1) is 0 Å². The van der Waals surface area contributed by atoms with Crippen molar-refractivity contribution in [1.29, 1.82) is 0 Å². The highest BCUT2D eigenvalue weighted by atomic mass is 16.5. The van der Waals surface area contributed by atoms with Gasteiger partial charge in [0.25, 0.3) is 0 Å². The molecule has 3 aliphatic carbocycles. The molecule has 11 heteroatoms. The van der Waals surface area contributed by atoms with E-state index >= 15 is 0 Å². The maximum absolute atomic E-state index is 14.5. The Kier molecular flexibility index (Phi) is 11.4. The van der Waals surface area contributed by atoms with Crippen LogP contribution in [0.5, 0.6) is 5.75 Å². The molecule has 3 aromatic heterocycles. The molecule has 50 heavy (non-hydrogen) atoms. The first-order valence-electron chi connectivity index (χ1n) is 18.5. The molecule has 0 aromatic carbocycles.